The third kappa shape index (κ3) is 3.98. The molecule has 5 heteroatoms. The van der Waals surface area contributed by atoms with Crippen molar-refractivity contribution in [3.05, 3.63) is 24.3 Å². The predicted molar refractivity (Wildman–Crippen MR) is 79.7 cm³/mol. The number of amides is 3. The van der Waals surface area contributed by atoms with Gasteiger partial charge in [-0.2, -0.15) is 0 Å². The summed E-state index contributed by atoms with van der Waals surface area (Å²) in [6.45, 7) is 5.27. The summed E-state index contributed by atoms with van der Waals surface area (Å²) in [5, 5.41) is 5.58. The van der Waals surface area contributed by atoms with E-state index in [1.807, 2.05) is 4.90 Å². The van der Waals surface area contributed by atoms with Crippen LogP contribution in [0.4, 0.5) is 16.2 Å². The number of rotatable bonds is 2. The monoisotopic (exact) mass is 275 g/mol. The molecule has 5 nitrogen and oxygen atoms in total. The highest BCUT2D eigenvalue weighted by Gasteiger charge is 2.20. The van der Waals surface area contributed by atoms with E-state index >= 15 is 0 Å². The number of urea groups is 1. The van der Waals surface area contributed by atoms with Crippen molar-refractivity contribution < 1.29 is 9.59 Å². The van der Waals surface area contributed by atoms with Gasteiger partial charge in [-0.1, -0.05) is 6.92 Å². The third-order valence-corrected chi connectivity index (χ3v) is 3.40. The SMILES string of the molecule is CC(=O)Nc1ccc(NC(=O)N2CCCC(C)C2)cc1. The molecule has 0 aromatic heterocycles. The van der Waals surface area contributed by atoms with Crippen molar-refractivity contribution in [3.8, 4) is 0 Å². The minimum absolute atomic E-state index is 0.0520. The van der Waals surface area contributed by atoms with Crippen LogP contribution < -0.4 is 10.6 Å². The molecule has 0 saturated carbocycles. The molecular formula is C15H21N3O2. The summed E-state index contributed by atoms with van der Waals surface area (Å²) >= 11 is 0. The maximum Gasteiger partial charge on any atom is 0.321 e. The summed E-state index contributed by atoms with van der Waals surface area (Å²) < 4.78 is 0. The Bertz CT molecular complexity index is 484. The Morgan fingerprint density at radius 1 is 1.15 bits per heavy atom. The molecule has 0 radical (unpaired) electrons. The minimum atomic E-state index is -0.107. The van der Waals surface area contributed by atoms with E-state index in [0.717, 1.165) is 30.9 Å². The largest absolute Gasteiger partial charge is 0.326 e. The van der Waals surface area contributed by atoms with Crippen molar-refractivity contribution in [1.82, 2.24) is 4.90 Å². The standard InChI is InChI=1S/C15H21N3O2/c1-11-4-3-9-18(10-11)15(20)17-14-7-5-13(6-8-14)16-12(2)19/h5-8,11H,3-4,9-10H2,1-2H3,(H,16,19)(H,17,20). The van der Waals surface area contributed by atoms with Gasteiger partial charge in [-0.05, 0) is 43.0 Å². The number of nitrogens with one attached hydrogen (secondary N) is 2. The van der Waals surface area contributed by atoms with Gasteiger partial charge in [0, 0.05) is 31.4 Å². The molecule has 1 aliphatic rings. The highest BCUT2D eigenvalue weighted by atomic mass is 16.2. The van der Waals surface area contributed by atoms with Gasteiger partial charge in [-0.15, -0.1) is 0 Å². The zero-order chi connectivity index (χ0) is 14.5. The van der Waals surface area contributed by atoms with E-state index in [0.29, 0.717) is 5.92 Å². The van der Waals surface area contributed by atoms with E-state index in [1.165, 1.54) is 13.3 Å². The van der Waals surface area contributed by atoms with Crippen molar-refractivity contribution in [2.45, 2.75) is 26.7 Å². The smallest absolute Gasteiger partial charge is 0.321 e. The number of carbonyl (C=O) groups is 2. The van der Waals surface area contributed by atoms with Crippen LogP contribution in [0.5, 0.6) is 0 Å². The summed E-state index contributed by atoms with van der Waals surface area (Å²) in [7, 11) is 0. The number of nitrogens with zero attached hydrogens (tertiary/aromatic N) is 1. The molecule has 1 aliphatic heterocycles. The van der Waals surface area contributed by atoms with Gasteiger partial charge in [0.1, 0.15) is 0 Å². The molecule has 1 saturated heterocycles. The number of piperidine rings is 1. The van der Waals surface area contributed by atoms with E-state index in [4.69, 9.17) is 0 Å². The molecule has 1 fully saturated rings. The molecule has 0 aliphatic carbocycles. The Labute approximate surface area is 119 Å². The van der Waals surface area contributed by atoms with E-state index < -0.39 is 0 Å². The summed E-state index contributed by atoms with van der Waals surface area (Å²) in [5.41, 5.74) is 1.46. The summed E-state index contributed by atoms with van der Waals surface area (Å²) in [5.74, 6) is 0.459. The van der Waals surface area contributed by atoms with Crippen LogP contribution in [-0.2, 0) is 4.79 Å². The summed E-state index contributed by atoms with van der Waals surface area (Å²) in [6, 6.07) is 7.07. The molecule has 1 atom stereocenters. The Morgan fingerprint density at radius 2 is 1.75 bits per heavy atom. The number of likely N-dealkylation sites (tertiary alicyclic amines) is 1. The first-order valence-electron chi connectivity index (χ1n) is 6.98. The van der Waals surface area contributed by atoms with Crippen molar-refractivity contribution in [3.63, 3.8) is 0 Å². The number of hydrogen-bond acceptors (Lipinski definition) is 2. The second-order valence-corrected chi connectivity index (χ2v) is 5.38. The van der Waals surface area contributed by atoms with Gasteiger partial charge in [0.05, 0.1) is 0 Å². The molecule has 1 aromatic rings. The molecule has 3 amide bonds. The predicted octanol–water partition coefficient (Wildman–Crippen LogP) is 2.91. The fourth-order valence-electron chi connectivity index (χ4n) is 2.42. The number of carbonyl (C=O) groups excluding carboxylic acids is 2. The maximum absolute atomic E-state index is 12.1. The van der Waals surface area contributed by atoms with Crippen LogP contribution in [0.25, 0.3) is 0 Å². The molecule has 108 valence electrons. The average Bonchev–Trinajstić information content (AvgIpc) is 2.40. The molecule has 0 spiro atoms. The van der Waals surface area contributed by atoms with Crippen LogP contribution in [0.3, 0.4) is 0 Å². The first-order chi connectivity index (χ1) is 9.54. The van der Waals surface area contributed by atoms with Gasteiger partial charge in [0.2, 0.25) is 5.91 Å². The fraction of sp³-hybridized carbons (Fsp3) is 0.467. The normalized spacial score (nSPS) is 18.5. The molecule has 1 unspecified atom stereocenters. The van der Waals surface area contributed by atoms with Crippen molar-refractivity contribution in [1.29, 1.82) is 0 Å². The highest BCUT2D eigenvalue weighted by molar-refractivity contribution is 5.91. The van der Waals surface area contributed by atoms with Crippen molar-refractivity contribution in [2.24, 2.45) is 5.92 Å². The maximum atomic E-state index is 12.1. The molecule has 2 N–H and O–H groups in total. The molecule has 2 rings (SSSR count). The lowest BCUT2D eigenvalue weighted by atomic mass is 10.0. The van der Waals surface area contributed by atoms with E-state index in [2.05, 4.69) is 17.6 Å². The van der Waals surface area contributed by atoms with Gasteiger partial charge in [-0.3, -0.25) is 4.79 Å². The lowest BCUT2D eigenvalue weighted by Crippen LogP contribution is -2.41. The Kier molecular flexibility index (Phi) is 4.61. The van der Waals surface area contributed by atoms with E-state index in [1.54, 1.807) is 24.3 Å². The quantitative estimate of drug-likeness (QED) is 0.871. The van der Waals surface area contributed by atoms with Crippen LogP contribution >= 0.6 is 0 Å². The first-order valence-corrected chi connectivity index (χ1v) is 6.98. The zero-order valence-corrected chi connectivity index (χ0v) is 12.0. The first kappa shape index (κ1) is 14.4. The lowest BCUT2D eigenvalue weighted by Gasteiger charge is -2.30. The van der Waals surface area contributed by atoms with E-state index in [9.17, 15) is 9.59 Å². The van der Waals surface area contributed by atoms with Gasteiger partial charge < -0.3 is 15.5 Å². The minimum Gasteiger partial charge on any atom is -0.326 e. The average molecular weight is 275 g/mol. The van der Waals surface area contributed by atoms with Crippen molar-refractivity contribution in [2.75, 3.05) is 23.7 Å². The summed E-state index contributed by atoms with van der Waals surface area (Å²) in [6.07, 6.45) is 2.26. The van der Waals surface area contributed by atoms with Crippen molar-refractivity contribution >= 4 is 23.3 Å². The van der Waals surface area contributed by atoms with Crippen LogP contribution in [0, 0.1) is 5.92 Å². The Morgan fingerprint density at radius 3 is 2.30 bits per heavy atom. The number of hydrogen-bond donors (Lipinski definition) is 2. The Balaban J connectivity index is 1.92. The molecule has 20 heavy (non-hydrogen) atoms. The van der Waals surface area contributed by atoms with Gasteiger partial charge in [0.25, 0.3) is 0 Å². The van der Waals surface area contributed by atoms with Gasteiger partial charge in [-0.25, -0.2) is 4.79 Å². The summed E-state index contributed by atoms with van der Waals surface area (Å²) in [4.78, 5) is 24.9. The van der Waals surface area contributed by atoms with Crippen LogP contribution in [0.2, 0.25) is 0 Å². The Hall–Kier alpha value is -2.04. The second-order valence-electron chi connectivity index (χ2n) is 5.38. The van der Waals surface area contributed by atoms with Gasteiger partial charge in [0.15, 0.2) is 0 Å². The third-order valence-electron chi connectivity index (χ3n) is 3.40. The zero-order valence-electron chi connectivity index (χ0n) is 12.0. The molecular weight excluding hydrogens is 254 g/mol. The van der Waals surface area contributed by atoms with Crippen LogP contribution in [0.1, 0.15) is 26.7 Å². The lowest BCUT2D eigenvalue weighted by molar-refractivity contribution is -0.114. The topological polar surface area (TPSA) is 61.4 Å². The van der Waals surface area contributed by atoms with Gasteiger partial charge >= 0.3 is 6.03 Å². The highest BCUT2D eigenvalue weighted by Crippen LogP contribution is 2.18. The second kappa shape index (κ2) is 6.41. The van der Waals surface area contributed by atoms with Crippen LogP contribution in [-0.4, -0.2) is 29.9 Å². The van der Waals surface area contributed by atoms with E-state index in [-0.39, 0.29) is 11.9 Å². The van der Waals surface area contributed by atoms with Crippen LogP contribution in [0.15, 0.2) is 24.3 Å². The molecule has 0 bridgehead atoms. The molecule has 1 aromatic carbocycles. The number of anilines is 2. The molecule has 1 heterocycles. The fourth-order valence-corrected chi connectivity index (χ4v) is 2.42. The number of benzene rings is 1.